The van der Waals surface area contributed by atoms with Crippen LogP contribution in [0.3, 0.4) is 0 Å². The number of aryl methyl sites for hydroxylation is 1. The van der Waals surface area contributed by atoms with E-state index in [4.69, 9.17) is 5.73 Å². The molecule has 4 nitrogen and oxygen atoms in total. The lowest BCUT2D eigenvalue weighted by atomic mass is 9.96. The molecule has 0 saturated heterocycles. The predicted molar refractivity (Wildman–Crippen MR) is 92.1 cm³/mol. The van der Waals surface area contributed by atoms with E-state index in [2.05, 4.69) is 24.1 Å². The van der Waals surface area contributed by atoms with Crippen molar-refractivity contribution in [3.8, 4) is 0 Å². The Kier molecular flexibility index (Phi) is 11.6. The molecule has 1 aromatic heterocycles. The molecule has 0 radical (unpaired) electrons. The summed E-state index contributed by atoms with van der Waals surface area (Å²) >= 11 is 0. The second-order valence-corrected chi connectivity index (χ2v) is 5.33. The van der Waals surface area contributed by atoms with E-state index in [1.54, 1.807) is 6.20 Å². The summed E-state index contributed by atoms with van der Waals surface area (Å²) in [6, 6.07) is 3.39. The fraction of sp³-hybridized carbons (Fsp3) is 0.600. The molecule has 0 aliphatic carbocycles. The predicted octanol–water partition coefficient (Wildman–Crippen LogP) is 3.17. The van der Waals surface area contributed by atoms with Crippen LogP contribution < -0.4 is 11.1 Å². The number of hydrogen-bond donors (Lipinski definition) is 2. The van der Waals surface area contributed by atoms with Crippen molar-refractivity contribution in [2.75, 3.05) is 0 Å². The number of nitrogens with one attached hydrogen (secondary N) is 1. The number of carbonyl (C=O) groups excluding carboxylic acids is 1. The molecule has 0 aromatic carbocycles. The number of halogens is 2. The Morgan fingerprint density at radius 3 is 2.48 bits per heavy atom. The van der Waals surface area contributed by atoms with Crippen LogP contribution in [0.2, 0.25) is 0 Å². The summed E-state index contributed by atoms with van der Waals surface area (Å²) in [5, 5.41) is 3.03. The summed E-state index contributed by atoms with van der Waals surface area (Å²) in [6.07, 6.45) is 3.37. The number of amides is 1. The number of carbonyl (C=O) groups is 1. The minimum Gasteiger partial charge on any atom is -0.346 e. The van der Waals surface area contributed by atoms with Gasteiger partial charge in [0.2, 0.25) is 5.91 Å². The van der Waals surface area contributed by atoms with Crippen molar-refractivity contribution in [2.24, 2.45) is 11.7 Å². The molecule has 21 heavy (non-hydrogen) atoms. The van der Waals surface area contributed by atoms with Gasteiger partial charge in [-0.05, 0) is 30.9 Å². The van der Waals surface area contributed by atoms with E-state index >= 15 is 0 Å². The Hall–Kier alpha value is -0.840. The summed E-state index contributed by atoms with van der Waals surface area (Å²) in [7, 11) is 0. The first-order valence-corrected chi connectivity index (χ1v) is 6.94. The van der Waals surface area contributed by atoms with Crippen molar-refractivity contribution in [3.63, 3.8) is 0 Å². The van der Waals surface area contributed by atoms with Gasteiger partial charge in [-0.1, -0.05) is 33.3 Å². The molecule has 0 bridgehead atoms. The van der Waals surface area contributed by atoms with Gasteiger partial charge < -0.3 is 11.1 Å². The maximum Gasteiger partial charge on any atom is 0.237 e. The number of hydrogen-bond acceptors (Lipinski definition) is 3. The topological polar surface area (TPSA) is 68.0 Å². The molecule has 6 heteroatoms. The third kappa shape index (κ3) is 6.64. The molecule has 0 saturated carbocycles. The second-order valence-electron chi connectivity index (χ2n) is 5.33. The van der Waals surface area contributed by atoms with Crippen LogP contribution in [0.15, 0.2) is 18.3 Å². The maximum absolute atomic E-state index is 12.1. The van der Waals surface area contributed by atoms with Crippen molar-refractivity contribution >= 4 is 30.7 Å². The SMILES string of the molecule is CCCC(N)C(=O)NC(c1ncccc1C)C(C)C.Cl.Cl. The van der Waals surface area contributed by atoms with Gasteiger partial charge in [-0.3, -0.25) is 9.78 Å². The highest BCUT2D eigenvalue weighted by Crippen LogP contribution is 2.22. The van der Waals surface area contributed by atoms with Gasteiger partial charge in [0.25, 0.3) is 0 Å². The fourth-order valence-electron chi connectivity index (χ4n) is 2.08. The molecule has 1 rings (SSSR count). The van der Waals surface area contributed by atoms with Crippen molar-refractivity contribution in [2.45, 2.75) is 52.6 Å². The Morgan fingerprint density at radius 1 is 1.38 bits per heavy atom. The van der Waals surface area contributed by atoms with E-state index in [1.165, 1.54) is 0 Å². The summed E-state index contributed by atoms with van der Waals surface area (Å²) in [4.78, 5) is 16.5. The lowest BCUT2D eigenvalue weighted by Gasteiger charge is -2.25. The van der Waals surface area contributed by atoms with Crippen LogP contribution in [-0.2, 0) is 4.79 Å². The minimum atomic E-state index is -0.435. The first-order chi connectivity index (χ1) is 8.97. The highest BCUT2D eigenvalue weighted by molar-refractivity contribution is 5.85. The highest BCUT2D eigenvalue weighted by Gasteiger charge is 2.23. The van der Waals surface area contributed by atoms with Crippen LogP contribution >= 0.6 is 24.8 Å². The Morgan fingerprint density at radius 2 is 2.00 bits per heavy atom. The number of nitrogens with two attached hydrogens (primary N) is 1. The molecular formula is C15H27Cl2N3O. The van der Waals surface area contributed by atoms with Crippen LogP contribution in [0.4, 0.5) is 0 Å². The van der Waals surface area contributed by atoms with Gasteiger partial charge in [0, 0.05) is 6.20 Å². The van der Waals surface area contributed by atoms with Crippen molar-refractivity contribution in [1.82, 2.24) is 10.3 Å². The largest absolute Gasteiger partial charge is 0.346 e. The van der Waals surface area contributed by atoms with Crippen LogP contribution in [0, 0.1) is 12.8 Å². The van der Waals surface area contributed by atoms with Gasteiger partial charge in [0.05, 0.1) is 17.8 Å². The Bertz CT molecular complexity index is 427. The molecular weight excluding hydrogens is 309 g/mol. The second kappa shape index (κ2) is 10.8. The summed E-state index contributed by atoms with van der Waals surface area (Å²) in [5.41, 5.74) is 7.87. The van der Waals surface area contributed by atoms with Gasteiger partial charge >= 0.3 is 0 Å². The molecule has 0 aliphatic heterocycles. The number of nitrogens with zero attached hydrogens (tertiary/aromatic N) is 1. The molecule has 0 spiro atoms. The molecule has 122 valence electrons. The molecule has 1 aromatic rings. The normalized spacial score (nSPS) is 12.9. The first kappa shape index (κ1) is 22.4. The van der Waals surface area contributed by atoms with Crippen molar-refractivity contribution in [1.29, 1.82) is 0 Å². The van der Waals surface area contributed by atoms with Crippen LogP contribution in [0.5, 0.6) is 0 Å². The molecule has 0 fully saturated rings. The van der Waals surface area contributed by atoms with E-state index in [0.717, 1.165) is 17.7 Å². The molecule has 3 N–H and O–H groups in total. The zero-order chi connectivity index (χ0) is 14.4. The van der Waals surface area contributed by atoms with Gasteiger partial charge in [0.15, 0.2) is 0 Å². The quantitative estimate of drug-likeness (QED) is 0.838. The zero-order valence-corrected chi connectivity index (χ0v) is 14.8. The molecule has 0 aliphatic rings. The highest BCUT2D eigenvalue weighted by atomic mass is 35.5. The Balaban J connectivity index is 0. The fourth-order valence-corrected chi connectivity index (χ4v) is 2.08. The molecule has 2 atom stereocenters. The monoisotopic (exact) mass is 335 g/mol. The first-order valence-electron chi connectivity index (χ1n) is 6.94. The third-order valence-corrected chi connectivity index (χ3v) is 3.25. The van der Waals surface area contributed by atoms with E-state index in [1.807, 2.05) is 26.0 Å². The molecule has 1 heterocycles. The van der Waals surface area contributed by atoms with E-state index in [9.17, 15) is 4.79 Å². The van der Waals surface area contributed by atoms with Crippen molar-refractivity contribution < 1.29 is 4.79 Å². The lowest BCUT2D eigenvalue weighted by Crippen LogP contribution is -2.43. The van der Waals surface area contributed by atoms with Crippen molar-refractivity contribution in [3.05, 3.63) is 29.6 Å². The zero-order valence-electron chi connectivity index (χ0n) is 13.1. The minimum absolute atomic E-state index is 0. The third-order valence-electron chi connectivity index (χ3n) is 3.25. The maximum atomic E-state index is 12.1. The van der Waals surface area contributed by atoms with E-state index in [0.29, 0.717) is 6.42 Å². The summed E-state index contributed by atoms with van der Waals surface area (Å²) < 4.78 is 0. The number of aromatic nitrogens is 1. The molecule has 1 amide bonds. The van der Waals surface area contributed by atoms with E-state index in [-0.39, 0.29) is 42.7 Å². The van der Waals surface area contributed by atoms with Gasteiger partial charge in [-0.25, -0.2) is 0 Å². The van der Waals surface area contributed by atoms with Gasteiger partial charge in [-0.2, -0.15) is 0 Å². The Labute approximate surface area is 140 Å². The van der Waals surface area contributed by atoms with Gasteiger partial charge in [-0.15, -0.1) is 24.8 Å². The standard InChI is InChI=1S/C15H25N3O.2ClH/c1-5-7-12(16)15(19)18-13(10(2)3)14-11(4)8-6-9-17-14;;/h6,8-10,12-13H,5,7,16H2,1-4H3,(H,18,19);2*1H. The number of rotatable bonds is 6. The summed E-state index contributed by atoms with van der Waals surface area (Å²) in [6.45, 7) is 8.18. The number of pyridine rings is 1. The van der Waals surface area contributed by atoms with Gasteiger partial charge in [0.1, 0.15) is 0 Å². The lowest BCUT2D eigenvalue weighted by molar-refractivity contribution is -0.123. The summed E-state index contributed by atoms with van der Waals surface area (Å²) in [5.74, 6) is 0.178. The molecule has 2 unspecified atom stereocenters. The average molecular weight is 336 g/mol. The van der Waals surface area contributed by atoms with E-state index < -0.39 is 6.04 Å². The van der Waals surface area contributed by atoms with Crippen LogP contribution in [0.1, 0.15) is 50.9 Å². The van der Waals surface area contributed by atoms with Crippen LogP contribution in [0.25, 0.3) is 0 Å². The average Bonchev–Trinajstić information content (AvgIpc) is 2.36. The van der Waals surface area contributed by atoms with Crippen LogP contribution in [-0.4, -0.2) is 16.9 Å². The smallest absolute Gasteiger partial charge is 0.237 e.